The lowest BCUT2D eigenvalue weighted by atomic mass is 10.3. The third-order valence-corrected chi connectivity index (χ3v) is 12.4. The molecule has 1 aromatic heterocycles. The number of aliphatic hydroxyl groups is 1. The Morgan fingerprint density at radius 3 is 2.27 bits per heavy atom. The van der Waals surface area contributed by atoms with Crippen LogP contribution in [0.5, 0.6) is 0 Å². The average Bonchev–Trinajstić information content (AvgIpc) is 3.34. The molecule has 0 unspecified atom stereocenters. The lowest BCUT2D eigenvalue weighted by Gasteiger charge is -2.23. The van der Waals surface area contributed by atoms with Crippen LogP contribution in [0.2, 0.25) is 0 Å². The van der Waals surface area contributed by atoms with Crippen molar-refractivity contribution >= 4 is 94.9 Å². The van der Waals surface area contributed by atoms with Crippen LogP contribution in [0.1, 0.15) is 0 Å². The van der Waals surface area contributed by atoms with Gasteiger partial charge in [-0.25, -0.2) is 30.2 Å². The Bertz CT molecular complexity index is 2150. The van der Waals surface area contributed by atoms with Gasteiger partial charge in [-0.05, 0) is 48.2 Å². The number of aliphatic hydroxyl groups excluding tert-OH is 1. The largest absolute Gasteiger partial charge is 0.509 e. The highest BCUT2D eigenvalue weighted by molar-refractivity contribution is 8.16. The SMILES string of the molecule is CS(=O)(=O)c1ccc2c(c1)SC1=NS(=O)(=O)/C(=C(/O)CS(=O)(=O)Nc3nc4ccc(S(C)(=O)=O)cc4s3)C(=O)N12. The second-order valence-corrected chi connectivity index (χ2v) is 17.9. The van der Waals surface area contributed by atoms with Gasteiger partial charge >= 0.3 is 0 Å². The van der Waals surface area contributed by atoms with Crippen LogP contribution < -0.4 is 9.62 Å². The number of rotatable bonds is 6. The van der Waals surface area contributed by atoms with Gasteiger partial charge in [0.15, 0.2) is 34.9 Å². The van der Waals surface area contributed by atoms with Crippen molar-refractivity contribution in [3.8, 4) is 0 Å². The van der Waals surface area contributed by atoms with Crippen molar-refractivity contribution in [3.05, 3.63) is 47.1 Å². The number of benzene rings is 2. The number of amidine groups is 1. The van der Waals surface area contributed by atoms with Gasteiger partial charge in [-0.2, -0.15) is 8.42 Å². The second kappa shape index (κ2) is 9.24. The number of sulfonamides is 2. The van der Waals surface area contributed by atoms with E-state index in [1.807, 2.05) is 0 Å². The first-order valence-electron chi connectivity index (χ1n) is 10.6. The van der Waals surface area contributed by atoms with Gasteiger partial charge in [-0.15, -0.1) is 4.40 Å². The van der Waals surface area contributed by atoms with Gasteiger partial charge in [0.05, 0.1) is 25.7 Å². The van der Waals surface area contributed by atoms with Gasteiger partial charge in [0.25, 0.3) is 15.9 Å². The fourth-order valence-electron chi connectivity index (χ4n) is 3.72. The first-order valence-corrected chi connectivity index (χ1v) is 19.1. The number of carbonyl (C=O) groups excluding carboxylic acids is 1. The molecule has 212 valence electrons. The van der Waals surface area contributed by atoms with Crippen LogP contribution in [0.3, 0.4) is 0 Å². The molecule has 0 saturated carbocycles. The van der Waals surface area contributed by atoms with Crippen molar-refractivity contribution in [1.29, 1.82) is 0 Å². The number of anilines is 2. The van der Waals surface area contributed by atoms with E-state index in [1.54, 1.807) is 0 Å². The van der Waals surface area contributed by atoms with E-state index in [0.717, 1.165) is 40.5 Å². The molecule has 5 rings (SSSR count). The molecule has 20 heteroatoms. The zero-order valence-electron chi connectivity index (χ0n) is 20.1. The summed E-state index contributed by atoms with van der Waals surface area (Å²) in [6.45, 7) is 0. The summed E-state index contributed by atoms with van der Waals surface area (Å²) in [5, 5.41) is 10.1. The van der Waals surface area contributed by atoms with E-state index in [2.05, 4.69) is 14.1 Å². The molecule has 14 nitrogen and oxygen atoms in total. The van der Waals surface area contributed by atoms with Crippen molar-refractivity contribution in [2.24, 2.45) is 4.40 Å². The molecule has 2 aromatic carbocycles. The molecule has 0 radical (unpaired) electrons. The van der Waals surface area contributed by atoms with E-state index in [1.165, 1.54) is 36.4 Å². The molecule has 1 amide bonds. The van der Waals surface area contributed by atoms with Crippen molar-refractivity contribution in [2.75, 3.05) is 27.9 Å². The van der Waals surface area contributed by atoms with Gasteiger partial charge in [0, 0.05) is 17.4 Å². The number of aromatic nitrogens is 1. The summed E-state index contributed by atoms with van der Waals surface area (Å²) < 4.78 is 104. The average molecular weight is 665 g/mol. The highest BCUT2D eigenvalue weighted by atomic mass is 32.2. The van der Waals surface area contributed by atoms with Crippen LogP contribution in [0, 0.1) is 0 Å². The quantitative estimate of drug-likeness (QED) is 0.283. The number of fused-ring (bicyclic) bond motifs is 4. The highest BCUT2D eigenvalue weighted by Gasteiger charge is 2.45. The lowest BCUT2D eigenvalue weighted by molar-refractivity contribution is -0.113. The topological polar surface area (TPSA) is 214 Å². The van der Waals surface area contributed by atoms with Gasteiger partial charge < -0.3 is 5.11 Å². The number of sulfone groups is 2. The van der Waals surface area contributed by atoms with Gasteiger partial charge in [-0.1, -0.05) is 11.3 Å². The highest BCUT2D eigenvalue weighted by Crippen LogP contribution is 2.45. The van der Waals surface area contributed by atoms with Crippen molar-refractivity contribution in [3.63, 3.8) is 0 Å². The minimum atomic E-state index is -4.84. The Hall–Kier alpha value is -3.04. The number of hydrogen-bond donors (Lipinski definition) is 2. The third kappa shape index (κ3) is 5.21. The van der Waals surface area contributed by atoms with Gasteiger partial charge in [0.2, 0.25) is 10.0 Å². The molecular weight excluding hydrogens is 649 g/mol. The Morgan fingerprint density at radius 1 is 1.00 bits per heavy atom. The van der Waals surface area contributed by atoms with E-state index in [4.69, 9.17) is 0 Å². The molecule has 0 atom stereocenters. The molecular formula is C20H16N4O10S6. The van der Waals surface area contributed by atoms with Crippen LogP contribution in [-0.4, -0.2) is 73.1 Å². The maximum Gasteiger partial charge on any atom is 0.293 e. The maximum atomic E-state index is 13.2. The molecule has 2 aliphatic heterocycles. The van der Waals surface area contributed by atoms with Crippen LogP contribution in [0.4, 0.5) is 10.8 Å². The first-order chi connectivity index (χ1) is 18.4. The van der Waals surface area contributed by atoms with Gasteiger partial charge in [-0.3, -0.25) is 14.4 Å². The zero-order chi connectivity index (χ0) is 29.4. The molecule has 0 bridgehead atoms. The zero-order valence-corrected chi connectivity index (χ0v) is 25.0. The fraction of sp³-hybridized carbons (Fsp3) is 0.150. The van der Waals surface area contributed by atoms with E-state index >= 15 is 0 Å². The number of thioether (sulfide) groups is 1. The fourth-order valence-corrected chi connectivity index (χ4v) is 9.87. The number of nitrogens with one attached hydrogen (secondary N) is 1. The van der Waals surface area contributed by atoms with Crippen molar-refractivity contribution in [1.82, 2.24) is 4.98 Å². The molecule has 2 N–H and O–H groups in total. The predicted molar refractivity (Wildman–Crippen MR) is 149 cm³/mol. The Morgan fingerprint density at radius 2 is 1.62 bits per heavy atom. The Balaban J connectivity index is 1.46. The van der Waals surface area contributed by atoms with Crippen LogP contribution >= 0.6 is 23.1 Å². The second-order valence-electron chi connectivity index (χ2n) is 8.55. The van der Waals surface area contributed by atoms with Crippen LogP contribution in [0.15, 0.2) is 66.1 Å². The molecule has 0 saturated heterocycles. The molecule has 3 aromatic rings. The van der Waals surface area contributed by atoms with Crippen LogP contribution in [0.25, 0.3) is 10.2 Å². The summed E-state index contributed by atoms with van der Waals surface area (Å²) >= 11 is 1.52. The minimum Gasteiger partial charge on any atom is -0.509 e. The normalized spacial score (nSPS) is 18.3. The lowest BCUT2D eigenvalue weighted by Crippen LogP contribution is -2.41. The summed E-state index contributed by atoms with van der Waals surface area (Å²) in [7, 11) is -16.5. The molecule has 3 heterocycles. The smallest absolute Gasteiger partial charge is 0.293 e. The first kappa shape index (κ1) is 28.5. The summed E-state index contributed by atoms with van der Waals surface area (Å²) in [5.41, 5.74) is 0.388. The third-order valence-electron chi connectivity index (χ3n) is 5.47. The molecule has 2 aliphatic rings. The summed E-state index contributed by atoms with van der Waals surface area (Å²) in [5.74, 6) is -3.90. The standard InChI is InChI=1S/C20H16N4O10S6/c1-37(27,28)10-3-5-12-15(7-10)35-19(21-12)22-39(31,32)9-14(25)17-18(26)24-13-6-4-11(38(2,29)30)8-16(13)36-20(24)23-40(17,33)34/h3-8,25H,9H2,1-2H3,(H,21,22)/b17-14+. The number of hydrogen-bond acceptors (Lipinski definition) is 13. The predicted octanol–water partition coefficient (Wildman–Crippen LogP) is 1.45. The number of thiazole rings is 1. The van der Waals surface area contributed by atoms with E-state index in [0.29, 0.717) is 4.70 Å². The molecule has 0 fully saturated rings. The minimum absolute atomic E-state index is 0.00410. The van der Waals surface area contributed by atoms with Crippen molar-refractivity contribution < 1.29 is 43.6 Å². The summed E-state index contributed by atoms with van der Waals surface area (Å²) in [6, 6.07) is 7.72. The Kier molecular flexibility index (Phi) is 6.58. The molecule has 40 heavy (non-hydrogen) atoms. The van der Waals surface area contributed by atoms with Crippen molar-refractivity contribution in [2.45, 2.75) is 14.7 Å². The number of amides is 1. The number of carbonyl (C=O) groups is 1. The Labute approximate surface area is 236 Å². The van der Waals surface area contributed by atoms with E-state index < -0.39 is 62.0 Å². The number of nitrogens with zero attached hydrogens (tertiary/aromatic N) is 3. The summed E-state index contributed by atoms with van der Waals surface area (Å²) in [4.78, 5) is 17.0. The monoisotopic (exact) mass is 664 g/mol. The van der Waals surface area contributed by atoms with E-state index in [-0.39, 0.29) is 36.2 Å². The molecule has 0 aliphatic carbocycles. The maximum absolute atomic E-state index is 13.2. The summed E-state index contributed by atoms with van der Waals surface area (Å²) in [6.07, 6.45) is 1.98. The molecule has 0 spiro atoms. The van der Waals surface area contributed by atoms with Crippen LogP contribution in [-0.2, 0) is 44.5 Å². The van der Waals surface area contributed by atoms with E-state index in [9.17, 15) is 43.6 Å². The van der Waals surface area contributed by atoms with Gasteiger partial charge in [0.1, 0.15) is 11.5 Å².